The Balaban J connectivity index is 1.93. The number of amides is 1. The molecule has 2 heterocycles. The van der Waals surface area contributed by atoms with Gasteiger partial charge in [0.2, 0.25) is 5.91 Å². The Bertz CT molecular complexity index is 596. The van der Waals surface area contributed by atoms with Crippen molar-refractivity contribution in [3.05, 3.63) is 41.6 Å². The van der Waals surface area contributed by atoms with Crippen molar-refractivity contribution >= 4 is 11.5 Å². The summed E-state index contributed by atoms with van der Waals surface area (Å²) in [5.41, 5.74) is 2.78. The predicted octanol–water partition coefficient (Wildman–Crippen LogP) is 2.23. The van der Waals surface area contributed by atoms with Gasteiger partial charge >= 0.3 is 0 Å². The summed E-state index contributed by atoms with van der Waals surface area (Å²) in [6.07, 6.45) is 8.75. The number of fused-ring (bicyclic) bond motifs is 1. The summed E-state index contributed by atoms with van der Waals surface area (Å²) in [4.78, 5) is 20.4. The number of carbonyl (C=O) groups is 1. The van der Waals surface area contributed by atoms with E-state index >= 15 is 0 Å². The summed E-state index contributed by atoms with van der Waals surface area (Å²) in [6.45, 7) is 5.87. The molecule has 0 bridgehead atoms. The fourth-order valence-corrected chi connectivity index (χ4v) is 2.70. The minimum atomic E-state index is -0.322. The molecule has 1 aliphatic carbocycles. The zero-order chi connectivity index (χ0) is 13.6. The number of aromatic nitrogens is 2. The molecule has 1 aromatic rings. The maximum Gasteiger partial charge on any atom is 0.230 e. The molecule has 0 spiro atoms. The molecule has 1 N–H and O–H groups in total. The lowest BCUT2D eigenvalue weighted by Gasteiger charge is -2.25. The van der Waals surface area contributed by atoms with Gasteiger partial charge in [-0.2, -0.15) is 0 Å². The Morgan fingerprint density at radius 2 is 2.00 bits per heavy atom. The highest BCUT2D eigenvalue weighted by Crippen LogP contribution is 2.43. The van der Waals surface area contributed by atoms with Crippen LogP contribution in [0.1, 0.15) is 31.7 Å². The lowest BCUT2D eigenvalue weighted by Crippen LogP contribution is -2.28. The second kappa shape index (κ2) is 4.02. The first-order valence-corrected chi connectivity index (χ1v) is 6.50. The van der Waals surface area contributed by atoms with Gasteiger partial charge in [0.1, 0.15) is 5.82 Å². The number of aryl methyl sites for hydroxylation is 1. The summed E-state index contributed by atoms with van der Waals surface area (Å²) in [5, 5.41) is 3.00. The summed E-state index contributed by atoms with van der Waals surface area (Å²) >= 11 is 0. The van der Waals surface area contributed by atoms with Gasteiger partial charge in [-0.25, -0.2) is 9.97 Å². The normalized spacial score (nSPS) is 24.4. The molecule has 1 amide bonds. The number of nitrogens with one attached hydrogen (secondary N) is 1. The summed E-state index contributed by atoms with van der Waals surface area (Å²) in [5.74, 6) is 1.13. The third-order valence-electron chi connectivity index (χ3n) is 4.09. The van der Waals surface area contributed by atoms with Crippen LogP contribution in [0.3, 0.4) is 0 Å². The molecular weight excluding hydrogens is 238 g/mol. The van der Waals surface area contributed by atoms with Crippen LogP contribution in [0, 0.1) is 18.3 Å². The first kappa shape index (κ1) is 12.1. The molecule has 1 aromatic heterocycles. The molecule has 1 aliphatic heterocycles. The molecule has 1 atom stereocenters. The molecule has 3 rings (SSSR count). The number of nitrogens with zero attached hydrogens (tertiary/aromatic N) is 2. The maximum atomic E-state index is 12.0. The Labute approximate surface area is 112 Å². The van der Waals surface area contributed by atoms with Crippen LogP contribution in [0.15, 0.2) is 30.2 Å². The molecule has 0 radical (unpaired) electrons. The smallest absolute Gasteiger partial charge is 0.230 e. The van der Waals surface area contributed by atoms with Crippen molar-refractivity contribution in [3.63, 3.8) is 0 Å². The van der Waals surface area contributed by atoms with Crippen molar-refractivity contribution in [3.8, 4) is 0 Å². The molecule has 98 valence electrons. The standard InChI is InChI=1S/C15H17N3O/c1-9-16-7-11(8-17-9)10-4-5-12-13(6-10)18-14(19)15(12,2)3/h4,6-8,12H,5H2,1-3H3,(H,18,19). The lowest BCUT2D eigenvalue weighted by molar-refractivity contribution is -0.127. The van der Waals surface area contributed by atoms with Gasteiger partial charge < -0.3 is 5.32 Å². The highest BCUT2D eigenvalue weighted by molar-refractivity contribution is 5.89. The van der Waals surface area contributed by atoms with Gasteiger partial charge in [-0.3, -0.25) is 4.79 Å². The van der Waals surface area contributed by atoms with E-state index in [2.05, 4.69) is 27.4 Å². The Morgan fingerprint density at radius 1 is 1.32 bits per heavy atom. The van der Waals surface area contributed by atoms with E-state index in [-0.39, 0.29) is 17.2 Å². The zero-order valence-electron chi connectivity index (χ0n) is 11.4. The maximum absolute atomic E-state index is 12.0. The van der Waals surface area contributed by atoms with Gasteiger partial charge in [-0.05, 0) is 25.0 Å². The molecule has 1 unspecified atom stereocenters. The van der Waals surface area contributed by atoms with Crippen LogP contribution in [0.4, 0.5) is 0 Å². The fourth-order valence-electron chi connectivity index (χ4n) is 2.70. The van der Waals surface area contributed by atoms with Gasteiger partial charge in [0.05, 0.1) is 5.41 Å². The highest BCUT2D eigenvalue weighted by Gasteiger charge is 2.45. The monoisotopic (exact) mass is 255 g/mol. The lowest BCUT2D eigenvalue weighted by atomic mass is 9.75. The van der Waals surface area contributed by atoms with Crippen molar-refractivity contribution in [1.29, 1.82) is 0 Å². The van der Waals surface area contributed by atoms with E-state index < -0.39 is 0 Å². The number of hydrogen-bond donors (Lipinski definition) is 1. The van der Waals surface area contributed by atoms with Crippen LogP contribution in [-0.2, 0) is 4.79 Å². The quantitative estimate of drug-likeness (QED) is 0.837. The number of carbonyl (C=O) groups excluding carboxylic acids is 1. The van der Waals surface area contributed by atoms with E-state index in [0.717, 1.165) is 29.1 Å². The van der Waals surface area contributed by atoms with Gasteiger partial charge in [0, 0.05) is 29.6 Å². The fraction of sp³-hybridized carbons (Fsp3) is 0.400. The van der Waals surface area contributed by atoms with Crippen molar-refractivity contribution in [2.45, 2.75) is 27.2 Å². The molecule has 4 heteroatoms. The molecule has 19 heavy (non-hydrogen) atoms. The molecule has 1 saturated heterocycles. The molecule has 0 aromatic carbocycles. The SMILES string of the molecule is Cc1ncc(C2=CCC3C(=C2)NC(=O)C3(C)C)cn1. The minimum Gasteiger partial charge on any atom is -0.329 e. The number of hydrogen-bond acceptors (Lipinski definition) is 3. The second-order valence-corrected chi connectivity index (χ2v) is 5.74. The van der Waals surface area contributed by atoms with Gasteiger partial charge in [0.15, 0.2) is 0 Å². The molecular formula is C15H17N3O. The summed E-state index contributed by atoms with van der Waals surface area (Å²) in [7, 11) is 0. The summed E-state index contributed by atoms with van der Waals surface area (Å²) in [6, 6.07) is 0. The Hall–Kier alpha value is -1.97. The van der Waals surface area contributed by atoms with E-state index in [0.29, 0.717) is 0 Å². The molecule has 2 aliphatic rings. The van der Waals surface area contributed by atoms with Crippen LogP contribution in [0.2, 0.25) is 0 Å². The van der Waals surface area contributed by atoms with Gasteiger partial charge in [-0.1, -0.05) is 19.9 Å². The molecule has 1 fully saturated rings. The minimum absolute atomic E-state index is 0.110. The van der Waals surface area contributed by atoms with E-state index in [4.69, 9.17) is 0 Å². The number of allylic oxidation sites excluding steroid dienone is 4. The van der Waals surface area contributed by atoms with E-state index in [1.54, 1.807) is 0 Å². The van der Waals surface area contributed by atoms with Gasteiger partial charge in [0.25, 0.3) is 0 Å². The van der Waals surface area contributed by atoms with Crippen molar-refractivity contribution in [2.75, 3.05) is 0 Å². The Morgan fingerprint density at radius 3 is 2.68 bits per heavy atom. The topological polar surface area (TPSA) is 54.9 Å². The van der Waals surface area contributed by atoms with Gasteiger partial charge in [-0.15, -0.1) is 0 Å². The van der Waals surface area contributed by atoms with Crippen molar-refractivity contribution in [1.82, 2.24) is 15.3 Å². The van der Waals surface area contributed by atoms with E-state index in [1.807, 2.05) is 33.2 Å². The highest BCUT2D eigenvalue weighted by atomic mass is 16.2. The zero-order valence-corrected chi connectivity index (χ0v) is 11.4. The predicted molar refractivity (Wildman–Crippen MR) is 72.9 cm³/mol. The largest absolute Gasteiger partial charge is 0.329 e. The van der Waals surface area contributed by atoms with Crippen LogP contribution in [-0.4, -0.2) is 15.9 Å². The van der Waals surface area contributed by atoms with Crippen LogP contribution in [0.25, 0.3) is 5.57 Å². The first-order valence-electron chi connectivity index (χ1n) is 6.50. The van der Waals surface area contributed by atoms with Crippen molar-refractivity contribution < 1.29 is 4.79 Å². The van der Waals surface area contributed by atoms with Crippen LogP contribution < -0.4 is 5.32 Å². The number of rotatable bonds is 1. The average Bonchev–Trinajstić information content (AvgIpc) is 2.61. The molecule has 4 nitrogen and oxygen atoms in total. The third-order valence-corrected chi connectivity index (χ3v) is 4.09. The van der Waals surface area contributed by atoms with E-state index in [9.17, 15) is 4.79 Å². The molecule has 0 saturated carbocycles. The van der Waals surface area contributed by atoms with Crippen molar-refractivity contribution in [2.24, 2.45) is 11.3 Å². The third kappa shape index (κ3) is 1.87. The van der Waals surface area contributed by atoms with Crippen LogP contribution >= 0.6 is 0 Å². The first-order chi connectivity index (χ1) is 8.98. The van der Waals surface area contributed by atoms with Crippen LogP contribution in [0.5, 0.6) is 0 Å². The van der Waals surface area contributed by atoms with E-state index in [1.165, 1.54) is 0 Å². The average molecular weight is 255 g/mol. The second-order valence-electron chi connectivity index (χ2n) is 5.74. The Kier molecular flexibility index (Phi) is 2.55. The summed E-state index contributed by atoms with van der Waals surface area (Å²) < 4.78 is 0.